The van der Waals surface area contributed by atoms with Crippen LogP contribution in [-0.2, 0) is 33.5 Å². The summed E-state index contributed by atoms with van der Waals surface area (Å²) in [7, 11) is 11.9. The number of ether oxygens (including phenoxy) is 10. The zero-order chi connectivity index (χ0) is 66.2. The average Bonchev–Trinajstić information content (AvgIpc) is 3.26. The molecular formula is C70H71NO20. The molecule has 3 N–H and O–H groups in total. The fraction of sp³-hybridized carbons (Fsp3) is 0.214. The maximum absolute atomic E-state index is 12.3. The number of benzene rings is 6. The molecule has 0 unspecified atom stereocenters. The van der Waals surface area contributed by atoms with Gasteiger partial charge in [0.05, 0.1) is 89.4 Å². The Morgan fingerprint density at radius 2 is 0.571 bits per heavy atom. The number of morpholine rings is 1. The van der Waals surface area contributed by atoms with Crippen LogP contribution in [0.3, 0.4) is 0 Å². The van der Waals surface area contributed by atoms with Crippen LogP contribution < -0.4 is 42.6 Å². The third-order valence-electron chi connectivity index (χ3n) is 12.9. The number of phenols is 3. The highest BCUT2D eigenvalue weighted by atomic mass is 16.6. The number of nitrogens with zero attached hydrogens (tertiary/aromatic N) is 1. The topological polar surface area (TPSA) is 276 Å². The summed E-state index contributed by atoms with van der Waals surface area (Å²) in [5.41, 5.74) is 4.15. The third-order valence-corrected chi connectivity index (χ3v) is 12.9. The van der Waals surface area contributed by atoms with Crippen molar-refractivity contribution in [3.63, 3.8) is 0 Å². The lowest BCUT2D eigenvalue weighted by Gasteiger charge is -2.26. The third kappa shape index (κ3) is 23.5. The van der Waals surface area contributed by atoms with Crippen molar-refractivity contribution in [2.45, 2.75) is 19.3 Å². The Hall–Kier alpha value is -11.2. The Kier molecular flexibility index (Phi) is 28.6. The van der Waals surface area contributed by atoms with Crippen molar-refractivity contribution in [2.75, 3.05) is 83.2 Å². The van der Waals surface area contributed by atoms with Gasteiger partial charge in [-0.05, 0) is 143 Å². The second-order valence-electron chi connectivity index (χ2n) is 19.2. The SMILES string of the molecule is COc1cc(/C=C/C(=O)CC(=O)/C=C/c2ccc(O)c(OC)c2)ccc1O.COc1cc(/C=C/C(=O)CC(=O)/C=C/c2ccc(OC)c(OC)c2)ccc1O.COc1ccc(/C=C/C(=O)CC(=O)/C=C/c2ccc(OC(=O)N3CCOCC3)c(OC)c2)cc1OC. The molecule has 91 heavy (non-hydrogen) atoms. The number of carbonyl (C=O) groups is 7. The van der Waals surface area contributed by atoms with Crippen LogP contribution >= 0.6 is 0 Å². The maximum Gasteiger partial charge on any atom is 0.415 e. The van der Waals surface area contributed by atoms with E-state index in [0.717, 1.165) is 11.1 Å². The first-order valence-electron chi connectivity index (χ1n) is 27.9. The monoisotopic (exact) mass is 1250 g/mol. The molecule has 7 rings (SSSR count). The predicted octanol–water partition coefficient (Wildman–Crippen LogP) is 10.8. The van der Waals surface area contributed by atoms with Crippen LogP contribution in [0.15, 0.2) is 146 Å². The quantitative estimate of drug-likeness (QED) is 0.0319. The number of aromatic hydroxyl groups is 3. The summed E-state index contributed by atoms with van der Waals surface area (Å²) in [5, 5.41) is 28.6. The molecule has 6 aromatic rings. The van der Waals surface area contributed by atoms with Crippen LogP contribution in [0.5, 0.6) is 69.0 Å². The molecule has 0 bridgehead atoms. The van der Waals surface area contributed by atoms with Crippen molar-refractivity contribution in [2.24, 2.45) is 0 Å². The van der Waals surface area contributed by atoms with E-state index >= 15 is 0 Å². The van der Waals surface area contributed by atoms with Crippen LogP contribution in [0, 0.1) is 0 Å². The van der Waals surface area contributed by atoms with Crippen molar-refractivity contribution >= 4 is 77.2 Å². The standard InChI is InChI=1S/C27H29NO8.C22H22O6.C21H20O6/c1-32-23-10-6-19(16-25(23)33-2)4-8-21(29)18-22(30)9-5-20-7-11-24(26(17-20)34-3)36-27(31)28-12-14-35-15-13-28;1-26-20-11-7-16(13-22(20)28-3)5-9-18(24)14-17(23)8-4-15-6-10-19(25)21(12-15)27-2;1-26-20-11-14(5-9-18(20)24)3-7-16(22)13-17(23)8-4-15-6-10-19(25)21(12-15)27-2/h4-11,16-17H,12-15,18H2,1-3H3;4-13,25H,14H2,1-3H3;3-12,24-25H,13H2,1-2H3/b2*8-4+,9-5+;7-3+,8-4+. The molecule has 1 fully saturated rings. The highest BCUT2D eigenvalue weighted by Crippen LogP contribution is 2.33. The first kappa shape index (κ1) is 70.6. The number of amides is 1. The lowest BCUT2D eigenvalue weighted by molar-refractivity contribution is -0.123. The van der Waals surface area contributed by atoms with E-state index in [-0.39, 0.29) is 77.0 Å². The first-order valence-corrected chi connectivity index (χ1v) is 27.9. The Bertz CT molecular complexity index is 3640. The molecule has 1 heterocycles. The van der Waals surface area contributed by atoms with Gasteiger partial charge in [0, 0.05) is 13.1 Å². The number of ketones is 6. The number of rotatable bonds is 27. The van der Waals surface area contributed by atoms with E-state index in [1.807, 2.05) is 0 Å². The van der Waals surface area contributed by atoms with Gasteiger partial charge in [-0.25, -0.2) is 4.79 Å². The van der Waals surface area contributed by atoms with Gasteiger partial charge in [-0.15, -0.1) is 0 Å². The minimum absolute atomic E-state index is 0.00662. The molecule has 0 aliphatic carbocycles. The number of carbonyl (C=O) groups excluding carboxylic acids is 7. The van der Waals surface area contributed by atoms with Crippen LogP contribution in [-0.4, -0.2) is 144 Å². The molecule has 476 valence electrons. The molecule has 0 spiro atoms. The number of hydrogen-bond donors (Lipinski definition) is 3. The first-order chi connectivity index (χ1) is 43.8. The van der Waals surface area contributed by atoms with E-state index in [1.54, 1.807) is 147 Å². The molecule has 6 aromatic carbocycles. The van der Waals surface area contributed by atoms with Crippen LogP contribution in [0.1, 0.15) is 52.6 Å². The summed E-state index contributed by atoms with van der Waals surface area (Å²) in [6, 6.07) is 29.5. The van der Waals surface area contributed by atoms with E-state index in [0.29, 0.717) is 94.6 Å². The summed E-state index contributed by atoms with van der Waals surface area (Å²) in [5.74, 6) is 1.82. The molecule has 1 amide bonds. The van der Waals surface area contributed by atoms with Crippen molar-refractivity contribution < 1.29 is 96.2 Å². The number of methoxy groups -OCH3 is 8. The predicted molar refractivity (Wildman–Crippen MR) is 343 cm³/mol. The molecule has 0 aromatic heterocycles. The zero-order valence-corrected chi connectivity index (χ0v) is 51.5. The normalized spacial score (nSPS) is 12.0. The van der Waals surface area contributed by atoms with Crippen LogP contribution in [0.4, 0.5) is 4.79 Å². The summed E-state index contributed by atoms with van der Waals surface area (Å²) in [6.07, 6.45) is 16.2. The molecule has 0 atom stereocenters. The maximum atomic E-state index is 12.3. The van der Waals surface area contributed by atoms with Crippen molar-refractivity contribution in [3.8, 4) is 69.0 Å². The van der Waals surface area contributed by atoms with Gasteiger partial charge >= 0.3 is 6.09 Å². The molecular weight excluding hydrogens is 1170 g/mol. The smallest absolute Gasteiger partial charge is 0.415 e. The van der Waals surface area contributed by atoms with Gasteiger partial charge in [-0.1, -0.05) is 72.9 Å². The zero-order valence-electron chi connectivity index (χ0n) is 51.5. The van der Waals surface area contributed by atoms with Gasteiger partial charge in [0.2, 0.25) is 0 Å². The van der Waals surface area contributed by atoms with Gasteiger partial charge < -0.3 is 67.6 Å². The molecule has 1 aliphatic rings. The summed E-state index contributed by atoms with van der Waals surface area (Å²) in [6.45, 7) is 1.87. The Balaban J connectivity index is 0.000000252. The Labute approximate surface area is 526 Å². The highest BCUT2D eigenvalue weighted by Gasteiger charge is 2.21. The highest BCUT2D eigenvalue weighted by molar-refractivity contribution is 6.12. The van der Waals surface area contributed by atoms with Gasteiger partial charge in [-0.3, -0.25) is 28.8 Å². The number of allylic oxidation sites excluding steroid dienone is 6. The van der Waals surface area contributed by atoms with Crippen molar-refractivity contribution in [3.05, 3.63) is 179 Å². The molecule has 21 nitrogen and oxygen atoms in total. The minimum Gasteiger partial charge on any atom is -0.504 e. The number of phenolic OH excluding ortho intramolecular Hbond substituents is 3. The Morgan fingerprint density at radius 3 is 0.835 bits per heavy atom. The van der Waals surface area contributed by atoms with E-state index in [1.165, 1.54) is 97.3 Å². The molecule has 1 aliphatic heterocycles. The number of hydrogen-bond acceptors (Lipinski definition) is 20. The summed E-state index contributed by atoms with van der Waals surface area (Å²) < 4.78 is 51.8. The van der Waals surface area contributed by atoms with Gasteiger partial charge in [0.1, 0.15) is 0 Å². The van der Waals surface area contributed by atoms with E-state index < -0.39 is 6.09 Å². The molecule has 21 heteroatoms. The Morgan fingerprint density at radius 1 is 0.341 bits per heavy atom. The average molecular weight is 1250 g/mol. The molecule has 0 radical (unpaired) electrons. The second kappa shape index (κ2) is 36.8. The minimum atomic E-state index is -0.477. The fourth-order valence-electron chi connectivity index (χ4n) is 8.09. The molecule has 0 saturated carbocycles. The summed E-state index contributed by atoms with van der Waals surface area (Å²) >= 11 is 0. The van der Waals surface area contributed by atoms with Crippen LogP contribution in [0.2, 0.25) is 0 Å². The van der Waals surface area contributed by atoms with Crippen molar-refractivity contribution in [1.29, 1.82) is 0 Å². The van der Waals surface area contributed by atoms with E-state index in [4.69, 9.17) is 47.4 Å². The van der Waals surface area contributed by atoms with E-state index in [2.05, 4.69) is 0 Å². The molecule has 1 saturated heterocycles. The van der Waals surface area contributed by atoms with Gasteiger partial charge in [-0.2, -0.15) is 0 Å². The lowest BCUT2D eigenvalue weighted by Crippen LogP contribution is -2.42. The van der Waals surface area contributed by atoms with Gasteiger partial charge in [0.25, 0.3) is 0 Å². The fourth-order valence-corrected chi connectivity index (χ4v) is 8.09. The summed E-state index contributed by atoms with van der Waals surface area (Å²) in [4.78, 5) is 86.2. The van der Waals surface area contributed by atoms with E-state index in [9.17, 15) is 48.9 Å². The largest absolute Gasteiger partial charge is 0.504 e. The van der Waals surface area contributed by atoms with Crippen molar-refractivity contribution in [1.82, 2.24) is 4.90 Å². The van der Waals surface area contributed by atoms with Gasteiger partial charge in [0.15, 0.2) is 104 Å². The lowest BCUT2D eigenvalue weighted by atomic mass is 10.1. The van der Waals surface area contributed by atoms with Crippen LogP contribution in [0.25, 0.3) is 36.5 Å². The second-order valence-corrected chi connectivity index (χ2v) is 19.2.